The Hall–Kier alpha value is -0.590. The van der Waals surface area contributed by atoms with Crippen LogP contribution in [0.4, 0.5) is 0 Å². The third-order valence-electron chi connectivity index (χ3n) is 1.23. The fourth-order valence-corrected chi connectivity index (χ4v) is 0.533. The molecular weight excluding hydrogens is 98.1 g/mol. The molecule has 0 saturated heterocycles. The lowest BCUT2D eigenvalue weighted by Gasteiger charge is -2.07. The van der Waals surface area contributed by atoms with Gasteiger partial charge in [0.1, 0.15) is 0 Å². The Balaban J connectivity index is 3.68. The van der Waals surface area contributed by atoms with Crippen molar-refractivity contribution in [1.29, 1.82) is 5.41 Å². The first-order chi connectivity index (χ1) is 3.72. The van der Waals surface area contributed by atoms with Gasteiger partial charge in [0.25, 0.3) is 0 Å². The first kappa shape index (κ1) is 7.41. The predicted octanol–water partition coefficient (Wildman–Crippen LogP) is 2.09. The van der Waals surface area contributed by atoms with Crippen LogP contribution in [0.25, 0.3) is 0 Å². The molecule has 46 valence electrons. The number of nitrogens with one attached hydrogen (secondary N) is 1. The quantitative estimate of drug-likeness (QED) is 0.426. The molecule has 0 aromatic rings. The number of hydrogen-bond donors (Lipinski definition) is 1. The second-order valence-corrected chi connectivity index (χ2v) is 2.22. The van der Waals surface area contributed by atoms with Gasteiger partial charge in [-0.25, -0.2) is 0 Å². The maximum absolute atomic E-state index is 6.89. The van der Waals surface area contributed by atoms with E-state index in [4.69, 9.17) is 5.41 Å². The van der Waals surface area contributed by atoms with E-state index in [1.54, 1.807) is 6.08 Å². The lowest BCUT2D eigenvalue weighted by Crippen LogP contribution is -2.04. The average molecular weight is 111 g/mol. The lowest BCUT2D eigenvalue weighted by atomic mass is 9.98. The molecule has 0 spiro atoms. The van der Waals surface area contributed by atoms with Gasteiger partial charge in [0, 0.05) is 12.1 Å². The first-order valence-corrected chi connectivity index (χ1v) is 2.85. The molecule has 0 aliphatic heterocycles. The molecular formula is C7H13N. The number of allylic oxidation sites excluding steroid dienone is 1. The Morgan fingerprint density at radius 2 is 2.00 bits per heavy atom. The highest BCUT2D eigenvalue weighted by Crippen LogP contribution is 2.07. The zero-order chi connectivity index (χ0) is 6.57. The Morgan fingerprint density at radius 3 is 2.00 bits per heavy atom. The van der Waals surface area contributed by atoms with Gasteiger partial charge in [0.05, 0.1) is 0 Å². The lowest BCUT2D eigenvalue weighted by molar-refractivity contribution is 0.584. The van der Waals surface area contributed by atoms with Crippen molar-refractivity contribution in [2.45, 2.75) is 13.8 Å². The minimum Gasteiger partial charge on any atom is -0.312 e. The van der Waals surface area contributed by atoms with Crippen LogP contribution in [-0.2, 0) is 0 Å². The molecule has 0 aliphatic rings. The molecule has 0 heterocycles. The van der Waals surface area contributed by atoms with Crippen molar-refractivity contribution in [1.82, 2.24) is 0 Å². The topological polar surface area (TPSA) is 23.9 Å². The van der Waals surface area contributed by atoms with Crippen molar-refractivity contribution in [3.63, 3.8) is 0 Å². The van der Waals surface area contributed by atoms with E-state index in [2.05, 4.69) is 20.4 Å². The van der Waals surface area contributed by atoms with Crippen molar-refractivity contribution in [3.8, 4) is 0 Å². The number of hydrogen-bond acceptors (Lipinski definition) is 1. The minimum atomic E-state index is 0.259. The van der Waals surface area contributed by atoms with Gasteiger partial charge in [-0.05, 0) is 5.92 Å². The molecule has 0 aromatic heterocycles. The van der Waals surface area contributed by atoms with E-state index in [0.29, 0.717) is 5.92 Å². The molecule has 0 bridgehead atoms. The Labute approximate surface area is 50.9 Å². The largest absolute Gasteiger partial charge is 0.312 e. The zero-order valence-electron chi connectivity index (χ0n) is 5.52. The normalized spacial score (nSPS) is 13.4. The third kappa shape index (κ3) is 1.92. The summed E-state index contributed by atoms with van der Waals surface area (Å²) < 4.78 is 0. The standard InChI is InChI=1S/C7H13N/c1-4-7(5-8)6(2)3/h4-8H,1H2,2-3H3. The Kier molecular flexibility index (Phi) is 3.16. The molecule has 0 saturated carbocycles. The summed E-state index contributed by atoms with van der Waals surface area (Å²) in [5.41, 5.74) is 0. The van der Waals surface area contributed by atoms with Gasteiger partial charge in [0.15, 0.2) is 0 Å². The van der Waals surface area contributed by atoms with Crippen molar-refractivity contribution in [3.05, 3.63) is 12.7 Å². The molecule has 0 fully saturated rings. The smallest absolute Gasteiger partial charge is 0.0135 e. The van der Waals surface area contributed by atoms with Crippen LogP contribution in [0.3, 0.4) is 0 Å². The van der Waals surface area contributed by atoms with Gasteiger partial charge in [-0.2, -0.15) is 0 Å². The van der Waals surface area contributed by atoms with Gasteiger partial charge in [-0.3, -0.25) is 0 Å². The summed E-state index contributed by atoms with van der Waals surface area (Å²) in [6.45, 7) is 7.76. The monoisotopic (exact) mass is 111 g/mol. The number of rotatable bonds is 3. The maximum atomic E-state index is 6.89. The summed E-state index contributed by atoms with van der Waals surface area (Å²) in [5.74, 6) is 0.778. The molecule has 1 N–H and O–H groups in total. The summed E-state index contributed by atoms with van der Waals surface area (Å²) in [6, 6.07) is 0. The van der Waals surface area contributed by atoms with E-state index in [0.717, 1.165) is 0 Å². The molecule has 0 rings (SSSR count). The summed E-state index contributed by atoms with van der Waals surface area (Å²) in [4.78, 5) is 0. The minimum absolute atomic E-state index is 0.259. The van der Waals surface area contributed by atoms with Crippen molar-refractivity contribution < 1.29 is 0 Å². The second kappa shape index (κ2) is 3.42. The van der Waals surface area contributed by atoms with Gasteiger partial charge in [-0.1, -0.05) is 19.9 Å². The maximum Gasteiger partial charge on any atom is 0.0135 e. The molecule has 1 nitrogen and oxygen atoms in total. The van der Waals surface area contributed by atoms with Gasteiger partial charge < -0.3 is 5.41 Å². The van der Waals surface area contributed by atoms with Crippen molar-refractivity contribution >= 4 is 6.21 Å². The van der Waals surface area contributed by atoms with Crippen LogP contribution in [-0.4, -0.2) is 6.21 Å². The van der Waals surface area contributed by atoms with Crippen molar-refractivity contribution in [2.75, 3.05) is 0 Å². The molecule has 8 heavy (non-hydrogen) atoms. The molecule has 1 atom stereocenters. The highest BCUT2D eigenvalue weighted by molar-refractivity contribution is 5.59. The van der Waals surface area contributed by atoms with Crippen LogP contribution in [0.15, 0.2) is 12.7 Å². The molecule has 0 amide bonds. The molecule has 1 heteroatoms. The summed E-state index contributed by atoms with van der Waals surface area (Å²) in [7, 11) is 0. The first-order valence-electron chi connectivity index (χ1n) is 2.85. The van der Waals surface area contributed by atoms with Crippen LogP contribution >= 0.6 is 0 Å². The SMILES string of the molecule is C=CC(C=N)C(C)C. The van der Waals surface area contributed by atoms with E-state index in [1.165, 1.54) is 6.21 Å². The summed E-state index contributed by atoms with van der Waals surface area (Å²) in [5, 5.41) is 6.89. The predicted molar refractivity (Wildman–Crippen MR) is 37.3 cm³/mol. The summed E-state index contributed by atoms with van der Waals surface area (Å²) >= 11 is 0. The fraction of sp³-hybridized carbons (Fsp3) is 0.571. The van der Waals surface area contributed by atoms with Crippen LogP contribution in [0, 0.1) is 17.2 Å². The highest BCUT2D eigenvalue weighted by atomic mass is 14.3. The Bertz CT molecular complexity index is 76.4. The van der Waals surface area contributed by atoms with Crippen LogP contribution in [0.1, 0.15) is 13.8 Å². The van der Waals surface area contributed by atoms with E-state index >= 15 is 0 Å². The van der Waals surface area contributed by atoms with Crippen LogP contribution < -0.4 is 0 Å². The average Bonchev–Trinajstić information content (AvgIpc) is 1.69. The van der Waals surface area contributed by atoms with Gasteiger partial charge >= 0.3 is 0 Å². The summed E-state index contributed by atoms with van der Waals surface area (Å²) in [6.07, 6.45) is 3.23. The van der Waals surface area contributed by atoms with E-state index < -0.39 is 0 Å². The molecule has 1 unspecified atom stereocenters. The zero-order valence-corrected chi connectivity index (χ0v) is 5.52. The van der Waals surface area contributed by atoms with E-state index in [9.17, 15) is 0 Å². The van der Waals surface area contributed by atoms with Gasteiger partial charge in [0.2, 0.25) is 0 Å². The van der Waals surface area contributed by atoms with Crippen LogP contribution in [0.2, 0.25) is 0 Å². The Morgan fingerprint density at radius 1 is 1.50 bits per heavy atom. The van der Waals surface area contributed by atoms with E-state index in [1.807, 2.05) is 0 Å². The molecule has 0 aliphatic carbocycles. The van der Waals surface area contributed by atoms with E-state index in [-0.39, 0.29) is 5.92 Å². The van der Waals surface area contributed by atoms with Gasteiger partial charge in [-0.15, -0.1) is 6.58 Å². The molecule has 0 aromatic carbocycles. The fourth-order valence-electron chi connectivity index (χ4n) is 0.533. The third-order valence-corrected chi connectivity index (χ3v) is 1.23. The van der Waals surface area contributed by atoms with Crippen LogP contribution in [0.5, 0.6) is 0 Å². The highest BCUT2D eigenvalue weighted by Gasteiger charge is 2.02. The van der Waals surface area contributed by atoms with Crippen molar-refractivity contribution in [2.24, 2.45) is 11.8 Å². The second-order valence-electron chi connectivity index (χ2n) is 2.22. The molecule has 0 radical (unpaired) electrons.